The van der Waals surface area contributed by atoms with Gasteiger partial charge in [0, 0.05) is 25.4 Å². The quantitative estimate of drug-likeness (QED) is 0.450. The summed E-state index contributed by atoms with van der Waals surface area (Å²) in [7, 11) is -3.94. The zero-order chi connectivity index (χ0) is 22.5. The molecule has 12 heteroatoms. The van der Waals surface area contributed by atoms with Crippen molar-refractivity contribution in [2.24, 2.45) is 0 Å². The summed E-state index contributed by atoms with van der Waals surface area (Å²) in [5.41, 5.74) is 0.118. The molecule has 2 heterocycles. The molecule has 0 bridgehead atoms. The topological polar surface area (TPSA) is 109 Å². The molecule has 2 aromatic heterocycles. The molecule has 31 heavy (non-hydrogen) atoms. The Kier molecular flexibility index (Phi) is 6.71. The second-order valence-electron chi connectivity index (χ2n) is 6.48. The Morgan fingerprint density at radius 2 is 1.58 bits per heavy atom. The van der Waals surface area contributed by atoms with Crippen LogP contribution in [0.2, 0.25) is 0 Å². The number of alkyl halides is 3. The first-order chi connectivity index (χ1) is 14.6. The van der Waals surface area contributed by atoms with E-state index in [2.05, 4.69) is 30.3 Å². The SMILES string of the molecule is Cc1ccnc(Nc2cc(NCCNS(=O)(=O)c3ccc(C(F)(F)F)cc3)ncn2)c1. The fraction of sp³-hybridized carbons (Fsp3) is 0.211. The summed E-state index contributed by atoms with van der Waals surface area (Å²) in [6.45, 7) is 2.13. The lowest BCUT2D eigenvalue weighted by atomic mass is 10.2. The monoisotopic (exact) mass is 452 g/mol. The lowest BCUT2D eigenvalue weighted by molar-refractivity contribution is -0.137. The smallest absolute Gasteiger partial charge is 0.369 e. The second kappa shape index (κ2) is 9.27. The van der Waals surface area contributed by atoms with Gasteiger partial charge >= 0.3 is 6.18 Å². The first-order valence-electron chi connectivity index (χ1n) is 9.06. The average molecular weight is 452 g/mol. The molecule has 0 aliphatic heterocycles. The van der Waals surface area contributed by atoms with E-state index in [1.807, 2.05) is 19.1 Å². The number of halogens is 3. The number of rotatable bonds is 8. The molecule has 0 atom stereocenters. The van der Waals surface area contributed by atoms with Crippen LogP contribution in [0.15, 0.2) is 59.9 Å². The van der Waals surface area contributed by atoms with E-state index >= 15 is 0 Å². The van der Waals surface area contributed by atoms with E-state index < -0.39 is 21.8 Å². The summed E-state index contributed by atoms with van der Waals surface area (Å²) in [6.07, 6.45) is -1.52. The standard InChI is InChI=1S/C19H19F3N6O2S/c1-13-6-7-23-17(10-13)28-18-11-16(25-12-26-18)24-8-9-27-31(29,30)15-4-2-14(3-5-15)19(20,21)22/h2-7,10-12,27H,8-9H2,1H3,(H2,23,24,25,26,28). The summed E-state index contributed by atoms with van der Waals surface area (Å²) >= 11 is 0. The van der Waals surface area contributed by atoms with Crippen molar-refractivity contribution in [3.63, 3.8) is 0 Å². The number of nitrogens with zero attached hydrogens (tertiary/aromatic N) is 3. The molecule has 0 amide bonds. The average Bonchev–Trinajstić information content (AvgIpc) is 2.71. The number of nitrogens with one attached hydrogen (secondary N) is 3. The fourth-order valence-electron chi connectivity index (χ4n) is 2.54. The maximum atomic E-state index is 12.6. The van der Waals surface area contributed by atoms with E-state index in [0.29, 0.717) is 17.5 Å². The highest BCUT2D eigenvalue weighted by atomic mass is 32.2. The molecule has 3 aromatic rings. The zero-order valence-electron chi connectivity index (χ0n) is 16.3. The van der Waals surface area contributed by atoms with Crippen molar-refractivity contribution < 1.29 is 21.6 Å². The lowest BCUT2D eigenvalue weighted by Crippen LogP contribution is -2.29. The fourth-order valence-corrected chi connectivity index (χ4v) is 3.57. The third-order valence-corrected chi connectivity index (χ3v) is 5.53. The number of pyridine rings is 1. The van der Waals surface area contributed by atoms with E-state index in [4.69, 9.17) is 0 Å². The Morgan fingerprint density at radius 3 is 2.26 bits per heavy atom. The summed E-state index contributed by atoms with van der Waals surface area (Å²) in [5.74, 6) is 1.58. The molecule has 0 saturated carbocycles. The van der Waals surface area contributed by atoms with Gasteiger partial charge in [0.25, 0.3) is 0 Å². The van der Waals surface area contributed by atoms with Crippen LogP contribution in [0.4, 0.5) is 30.6 Å². The summed E-state index contributed by atoms with van der Waals surface area (Å²) in [5, 5.41) is 5.99. The van der Waals surface area contributed by atoms with Gasteiger partial charge < -0.3 is 10.6 Å². The van der Waals surface area contributed by atoms with Crippen LogP contribution in [0, 0.1) is 6.92 Å². The second-order valence-corrected chi connectivity index (χ2v) is 8.25. The van der Waals surface area contributed by atoms with Gasteiger partial charge in [-0.1, -0.05) is 0 Å². The van der Waals surface area contributed by atoms with E-state index in [1.165, 1.54) is 6.33 Å². The van der Waals surface area contributed by atoms with Crippen LogP contribution in [0.25, 0.3) is 0 Å². The van der Waals surface area contributed by atoms with Crippen LogP contribution in [-0.4, -0.2) is 36.5 Å². The Balaban J connectivity index is 1.53. The highest BCUT2D eigenvalue weighted by molar-refractivity contribution is 7.89. The van der Waals surface area contributed by atoms with Crippen LogP contribution in [0.5, 0.6) is 0 Å². The van der Waals surface area contributed by atoms with Gasteiger partial charge in [-0.3, -0.25) is 0 Å². The van der Waals surface area contributed by atoms with Crippen molar-refractivity contribution in [1.29, 1.82) is 0 Å². The van der Waals surface area contributed by atoms with Crippen LogP contribution in [-0.2, 0) is 16.2 Å². The number of hydrogen-bond acceptors (Lipinski definition) is 7. The normalized spacial score (nSPS) is 11.9. The van der Waals surface area contributed by atoms with E-state index in [0.717, 1.165) is 29.8 Å². The molecule has 8 nitrogen and oxygen atoms in total. The van der Waals surface area contributed by atoms with Gasteiger partial charge in [-0.15, -0.1) is 0 Å². The molecule has 0 fully saturated rings. The Morgan fingerprint density at radius 1 is 0.903 bits per heavy atom. The van der Waals surface area contributed by atoms with Crippen LogP contribution < -0.4 is 15.4 Å². The minimum Gasteiger partial charge on any atom is -0.369 e. The molecule has 3 rings (SSSR count). The highest BCUT2D eigenvalue weighted by Crippen LogP contribution is 2.29. The maximum Gasteiger partial charge on any atom is 0.416 e. The highest BCUT2D eigenvalue weighted by Gasteiger charge is 2.30. The third-order valence-electron chi connectivity index (χ3n) is 4.05. The van der Waals surface area contributed by atoms with Crippen LogP contribution in [0.1, 0.15) is 11.1 Å². The van der Waals surface area contributed by atoms with Gasteiger partial charge in [0.05, 0.1) is 10.5 Å². The van der Waals surface area contributed by atoms with E-state index in [1.54, 1.807) is 12.3 Å². The van der Waals surface area contributed by atoms with Gasteiger partial charge in [-0.05, 0) is 48.9 Å². The zero-order valence-corrected chi connectivity index (χ0v) is 17.1. The molecular weight excluding hydrogens is 433 g/mol. The molecule has 3 N–H and O–H groups in total. The van der Waals surface area contributed by atoms with E-state index in [-0.39, 0.29) is 18.0 Å². The van der Waals surface area contributed by atoms with Crippen LogP contribution >= 0.6 is 0 Å². The Hall–Kier alpha value is -3.25. The summed E-state index contributed by atoms with van der Waals surface area (Å²) in [6, 6.07) is 8.64. The number of aromatic nitrogens is 3. The molecule has 0 radical (unpaired) electrons. The molecule has 1 aromatic carbocycles. The summed E-state index contributed by atoms with van der Waals surface area (Å²) in [4.78, 5) is 12.1. The molecule has 0 saturated heterocycles. The molecule has 0 aliphatic rings. The minimum absolute atomic E-state index is 0.00441. The van der Waals surface area contributed by atoms with Crippen molar-refractivity contribution in [1.82, 2.24) is 19.7 Å². The van der Waals surface area contributed by atoms with Crippen LogP contribution in [0.3, 0.4) is 0 Å². The molecule has 0 unspecified atom stereocenters. The number of benzene rings is 1. The number of aryl methyl sites for hydroxylation is 1. The van der Waals surface area contributed by atoms with Crippen molar-refractivity contribution >= 4 is 27.5 Å². The number of sulfonamides is 1. The molecule has 164 valence electrons. The maximum absolute atomic E-state index is 12.6. The number of hydrogen-bond donors (Lipinski definition) is 3. The molecular formula is C19H19F3N6O2S. The van der Waals surface area contributed by atoms with Gasteiger partial charge in [0.2, 0.25) is 10.0 Å². The van der Waals surface area contributed by atoms with Crippen molar-refractivity contribution in [3.05, 3.63) is 66.1 Å². The van der Waals surface area contributed by atoms with Crippen molar-refractivity contribution in [3.8, 4) is 0 Å². The van der Waals surface area contributed by atoms with Crippen molar-refractivity contribution in [2.45, 2.75) is 18.0 Å². The predicted molar refractivity (Wildman–Crippen MR) is 109 cm³/mol. The van der Waals surface area contributed by atoms with Gasteiger partial charge in [-0.2, -0.15) is 13.2 Å². The predicted octanol–water partition coefficient (Wildman–Crippen LogP) is 3.33. The van der Waals surface area contributed by atoms with Crippen molar-refractivity contribution in [2.75, 3.05) is 23.7 Å². The molecule has 0 spiro atoms. The minimum atomic E-state index is -4.53. The summed E-state index contributed by atoms with van der Waals surface area (Å²) < 4.78 is 64.6. The third kappa shape index (κ3) is 6.36. The van der Waals surface area contributed by atoms with Gasteiger partial charge in [0.1, 0.15) is 23.8 Å². The first kappa shape index (κ1) is 22.4. The first-order valence-corrected chi connectivity index (χ1v) is 10.5. The van der Waals surface area contributed by atoms with E-state index in [9.17, 15) is 21.6 Å². The number of anilines is 3. The molecule has 0 aliphatic carbocycles. The Labute approximate surface area is 177 Å². The van der Waals surface area contributed by atoms with Gasteiger partial charge in [0.15, 0.2) is 0 Å². The largest absolute Gasteiger partial charge is 0.416 e. The van der Waals surface area contributed by atoms with Gasteiger partial charge in [-0.25, -0.2) is 28.1 Å². The Bertz CT molecular complexity index is 1140. The lowest BCUT2D eigenvalue weighted by Gasteiger charge is -2.11.